The second-order valence-electron chi connectivity index (χ2n) is 9.61. The summed E-state index contributed by atoms with van der Waals surface area (Å²) in [5.74, 6) is -1.08. The van der Waals surface area contributed by atoms with E-state index in [-0.39, 0.29) is 17.6 Å². The van der Waals surface area contributed by atoms with E-state index in [1.807, 2.05) is 48.3 Å². The number of nitrogens with zero attached hydrogens (tertiary/aromatic N) is 6. The van der Waals surface area contributed by atoms with E-state index in [4.69, 9.17) is 0 Å². The van der Waals surface area contributed by atoms with Crippen LogP contribution in [0, 0.1) is 5.92 Å². The van der Waals surface area contributed by atoms with Crippen LogP contribution in [-0.4, -0.2) is 40.0 Å². The van der Waals surface area contributed by atoms with Crippen molar-refractivity contribution in [3.8, 4) is 22.4 Å². The number of aromatic nitrogens is 6. The summed E-state index contributed by atoms with van der Waals surface area (Å²) in [7, 11) is 3.64. The van der Waals surface area contributed by atoms with Gasteiger partial charge in [0, 0.05) is 49.0 Å². The van der Waals surface area contributed by atoms with Crippen molar-refractivity contribution in [3.63, 3.8) is 0 Å². The number of imidazole rings is 1. The molecule has 4 aromatic heterocycles. The van der Waals surface area contributed by atoms with Gasteiger partial charge in [0.05, 0.1) is 40.6 Å². The summed E-state index contributed by atoms with van der Waals surface area (Å²) in [6.45, 7) is 0. The van der Waals surface area contributed by atoms with Crippen molar-refractivity contribution in [2.75, 3.05) is 0 Å². The largest absolute Gasteiger partial charge is 0.481 e. The highest BCUT2D eigenvalue weighted by Gasteiger charge is 2.29. The van der Waals surface area contributed by atoms with Crippen LogP contribution in [0.3, 0.4) is 0 Å². The minimum absolute atomic E-state index is 0.0357. The van der Waals surface area contributed by atoms with Crippen LogP contribution in [0.25, 0.3) is 44.3 Å². The lowest BCUT2D eigenvalue weighted by molar-refractivity contribution is -0.143. The van der Waals surface area contributed by atoms with Crippen LogP contribution < -0.4 is 5.69 Å². The molecule has 0 unspecified atom stereocenters. The summed E-state index contributed by atoms with van der Waals surface area (Å²) in [4.78, 5) is 34.0. The maximum Gasteiger partial charge on any atom is 0.329 e. The van der Waals surface area contributed by atoms with Crippen LogP contribution in [0.1, 0.15) is 31.7 Å². The van der Waals surface area contributed by atoms with Gasteiger partial charge in [0.1, 0.15) is 0 Å². The van der Waals surface area contributed by atoms with E-state index < -0.39 is 5.97 Å². The maximum absolute atomic E-state index is 13.3. The van der Waals surface area contributed by atoms with Crippen LogP contribution >= 0.6 is 0 Å². The molecule has 0 amide bonds. The summed E-state index contributed by atoms with van der Waals surface area (Å²) in [6, 6.07) is 10.0. The number of aliphatic carboxylic acids is 1. The average molecular weight is 483 g/mol. The molecule has 36 heavy (non-hydrogen) atoms. The highest BCUT2D eigenvalue weighted by molar-refractivity contribution is 6.04. The molecule has 0 aliphatic heterocycles. The summed E-state index contributed by atoms with van der Waals surface area (Å²) < 4.78 is 5.26. The Hall–Kier alpha value is -4.27. The van der Waals surface area contributed by atoms with Gasteiger partial charge in [0.15, 0.2) is 0 Å². The lowest BCUT2D eigenvalue weighted by Crippen LogP contribution is -2.30. The van der Waals surface area contributed by atoms with Gasteiger partial charge in [-0.15, -0.1) is 0 Å². The number of pyridine rings is 2. The van der Waals surface area contributed by atoms with Crippen LogP contribution in [0.15, 0.2) is 59.9 Å². The van der Waals surface area contributed by atoms with Crippen molar-refractivity contribution in [2.24, 2.45) is 20.0 Å². The number of aryl methyl sites for hydroxylation is 2. The standard InChI is InChI=1S/C27H26N6O3/c1-31-15-19(13-30-31)22-9-6-18(12-28-22)17-5-10-23-21(11-17)25-24(14-29-23)32(2)27(36)33(25)20-7-3-16(4-8-20)26(34)35/h5-6,9-16,20H,3-4,7-8H2,1-2H3,(H,34,35)/t16-,20-. The molecule has 0 atom stereocenters. The smallest absolute Gasteiger partial charge is 0.329 e. The average Bonchev–Trinajstić information content (AvgIpc) is 3.45. The van der Waals surface area contributed by atoms with Crippen molar-refractivity contribution in [1.29, 1.82) is 0 Å². The fourth-order valence-electron chi connectivity index (χ4n) is 5.42. The predicted octanol–water partition coefficient (Wildman–Crippen LogP) is 4.17. The minimum atomic E-state index is -0.749. The Bertz CT molecular complexity index is 1670. The molecular weight excluding hydrogens is 456 g/mol. The minimum Gasteiger partial charge on any atom is -0.481 e. The molecule has 9 nitrogen and oxygen atoms in total. The van der Waals surface area contributed by atoms with Crippen molar-refractivity contribution in [1.82, 2.24) is 28.9 Å². The zero-order valence-electron chi connectivity index (χ0n) is 20.1. The predicted molar refractivity (Wildman–Crippen MR) is 137 cm³/mol. The Labute approximate surface area is 206 Å². The van der Waals surface area contributed by atoms with Crippen LogP contribution in [0.4, 0.5) is 0 Å². The third kappa shape index (κ3) is 3.59. The topological polar surface area (TPSA) is 108 Å². The summed E-state index contributed by atoms with van der Waals surface area (Å²) in [6.07, 6.45) is 9.80. The number of carbonyl (C=O) groups is 1. The lowest BCUT2D eigenvalue weighted by Gasteiger charge is -2.27. The zero-order valence-corrected chi connectivity index (χ0v) is 20.1. The molecule has 1 N–H and O–H groups in total. The van der Waals surface area contributed by atoms with E-state index in [9.17, 15) is 14.7 Å². The Morgan fingerprint density at radius 1 is 0.944 bits per heavy atom. The lowest BCUT2D eigenvalue weighted by atomic mass is 9.86. The van der Waals surface area contributed by atoms with E-state index in [1.165, 1.54) is 0 Å². The number of carboxylic acids is 1. The number of carboxylic acid groups (broad SMARTS) is 1. The van der Waals surface area contributed by atoms with Gasteiger partial charge in [0.25, 0.3) is 0 Å². The molecule has 0 saturated heterocycles. The molecule has 0 radical (unpaired) electrons. The number of hydrogen-bond acceptors (Lipinski definition) is 5. The number of fused-ring (bicyclic) bond motifs is 3. The number of benzene rings is 1. The number of rotatable bonds is 4. The second kappa shape index (κ2) is 8.44. The van der Waals surface area contributed by atoms with Crippen molar-refractivity contribution in [3.05, 3.63) is 65.6 Å². The first-order valence-corrected chi connectivity index (χ1v) is 12.1. The van der Waals surface area contributed by atoms with E-state index in [2.05, 4.69) is 21.1 Å². The molecule has 182 valence electrons. The molecule has 1 fully saturated rings. The van der Waals surface area contributed by atoms with E-state index >= 15 is 0 Å². The van der Waals surface area contributed by atoms with Crippen molar-refractivity contribution < 1.29 is 9.90 Å². The second-order valence-corrected chi connectivity index (χ2v) is 9.61. The van der Waals surface area contributed by atoms with Crippen molar-refractivity contribution in [2.45, 2.75) is 31.7 Å². The van der Waals surface area contributed by atoms with E-state index in [0.29, 0.717) is 25.7 Å². The van der Waals surface area contributed by atoms with Crippen molar-refractivity contribution >= 4 is 27.9 Å². The molecule has 4 heterocycles. The Kier molecular flexibility index (Phi) is 5.21. The number of hydrogen-bond donors (Lipinski definition) is 1. The third-order valence-corrected chi connectivity index (χ3v) is 7.42. The quantitative estimate of drug-likeness (QED) is 0.412. The monoisotopic (exact) mass is 482 g/mol. The third-order valence-electron chi connectivity index (χ3n) is 7.42. The Balaban J connectivity index is 1.45. The van der Waals surface area contributed by atoms with Gasteiger partial charge in [-0.05, 0) is 49.4 Å². The zero-order chi connectivity index (χ0) is 25.0. The fourth-order valence-corrected chi connectivity index (χ4v) is 5.42. The molecule has 5 aromatic rings. The Morgan fingerprint density at radius 2 is 1.72 bits per heavy atom. The van der Waals surface area contributed by atoms with Crippen LogP contribution in [0.2, 0.25) is 0 Å². The van der Waals surface area contributed by atoms with E-state index in [0.717, 1.165) is 44.3 Å². The normalized spacial score (nSPS) is 18.2. The molecule has 1 aliphatic carbocycles. The molecular formula is C27H26N6O3. The SMILES string of the molecule is Cn1cc(-c2ccc(-c3ccc4ncc5c(c4c3)n([C@H]3CC[C@H](C(=O)O)CC3)c(=O)n5C)cn2)cn1. The highest BCUT2D eigenvalue weighted by Crippen LogP contribution is 2.36. The summed E-state index contributed by atoms with van der Waals surface area (Å²) in [5, 5.41) is 14.5. The molecule has 1 aromatic carbocycles. The molecule has 1 aliphatic rings. The molecule has 6 rings (SSSR count). The van der Waals surface area contributed by atoms with Crippen LogP contribution in [0.5, 0.6) is 0 Å². The van der Waals surface area contributed by atoms with Gasteiger partial charge in [-0.3, -0.25) is 28.6 Å². The molecule has 0 spiro atoms. The maximum atomic E-state index is 13.3. The van der Waals surface area contributed by atoms with Gasteiger partial charge >= 0.3 is 11.7 Å². The van der Waals surface area contributed by atoms with E-state index in [1.54, 1.807) is 28.7 Å². The van der Waals surface area contributed by atoms with Gasteiger partial charge in [0.2, 0.25) is 0 Å². The van der Waals surface area contributed by atoms with Gasteiger partial charge in [-0.25, -0.2) is 4.79 Å². The van der Waals surface area contributed by atoms with Gasteiger partial charge < -0.3 is 5.11 Å². The molecule has 9 heteroatoms. The molecule has 1 saturated carbocycles. The first-order valence-electron chi connectivity index (χ1n) is 12.1. The Morgan fingerprint density at radius 3 is 2.39 bits per heavy atom. The van der Waals surface area contributed by atoms with Gasteiger partial charge in [-0.2, -0.15) is 5.10 Å². The van der Waals surface area contributed by atoms with Gasteiger partial charge in [-0.1, -0.05) is 12.1 Å². The molecule has 0 bridgehead atoms. The summed E-state index contributed by atoms with van der Waals surface area (Å²) in [5.41, 5.74) is 6.11. The first kappa shape index (κ1) is 22.2. The summed E-state index contributed by atoms with van der Waals surface area (Å²) >= 11 is 0. The first-order chi connectivity index (χ1) is 17.4. The highest BCUT2D eigenvalue weighted by atomic mass is 16.4. The fraction of sp³-hybridized carbons (Fsp3) is 0.296. The van der Waals surface area contributed by atoms with Crippen LogP contribution in [-0.2, 0) is 18.9 Å².